The fourth-order valence-corrected chi connectivity index (χ4v) is 4.51. The van der Waals surface area contributed by atoms with Gasteiger partial charge < -0.3 is 5.11 Å². The summed E-state index contributed by atoms with van der Waals surface area (Å²) in [5.74, 6) is 0.0263. The number of aliphatic hydroxyl groups excluding tert-OH is 1. The lowest BCUT2D eigenvalue weighted by atomic mass is 10.1. The second-order valence-corrected chi connectivity index (χ2v) is 7.63. The Bertz CT molecular complexity index is 559. The minimum Gasteiger partial charge on any atom is -0.393 e. The van der Waals surface area contributed by atoms with Gasteiger partial charge in [0, 0.05) is 11.0 Å². The highest BCUT2D eigenvalue weighted by molar-refractivity contribution is 9.10. The van der Waals surface area contributed by atoms with Crippen molar-refractivity contribution in [3.05, 3.63) is 28.2 Å². The Hall–Kier alpha value is -0.430. The number of rotatable bonds is 4. The number of hydrogen-bond acceptors (Lipinski definition) is 3. The summed E-state index contributed by atoms with van der Waals surface area (Å²) in [4.78, 5) is 0.250. The van der Waals surface area contributed by atoms with Crippen LogP contribution in [0, 0.1) is 12.8 Å². The molecule has 6 heteroatoms. The van der Waals surface area contributed by atoms with Crippen molar-refractivity contribution >= 4 is 26.0 Å². The molecule has 2 N–H and O–H groups in total. The number of aryl methyl sites for hydroxylation is 1. The highest BCUT2D eigenvalue weighted by atomic mass is 79.9. The van der Waals surface area contributed by atoms with Gasteiger partial charge in [-0.2, -0.15) is 0 Å². The zero-order chi connectivity index (χ0) is 14.0. The van der Waals surface area contributed by atoms with Gasteiger partial charge in [0.1, 0.15) is 0 Å². The monoisotopic (exact) mass is 347 g/mol. The molecule has 1 fully saturated rings. The molecule has 0 aromatic heterocycles. The maximum absolute atomic E-state index is 12.2. The molecule has 1 aromatic rings. The van der Waals surface area contributed by atoms with E-state index >= 15 is 0 Å². The SMILES string of the molecule is Cc1ccc(Br)c(S(=O)(=O)NC[C@H]2CCC[C@H]2O)c1. The summed E-state index contributed by atoms with van der Waals surface area (Å²) < 4.78 is 27.6. The van der Waals surface area contributed by atoms with Gasteiger partial charge in [-0.25, -0.2) is 13.1 Å². The number of nitrogens with one attached hydrogen (secondary N) is 1. The topological polar surface area (TPSA) is 66.4 Å². The molecule has 106 valence electrons. The Morgan fingerprint density at radius 1 is 1.42 bits per heavy atom. The minimum atomic E-state index is -3.53. The zero-order valence-electron chi connectivity index (χ0n) is 10.8. The first kappa shape index (κ1) is 15.0. The van der Waals surface area contributed by atoms with E-state index in [0.717, 1.165) is 24.8 Å². The number of benzene rings is 1. The molecule has 0 amide bonds. The summed E-state index contributed by atoms with van der Waals surface area (Å²) in [5, 5.41) is 9.71. The Morgan fingerprint density at radius 3 is 2.79 bits per heavy atom. The van der Waals surface area contributed by atoms with Crippen molar-refractivity contribution in [2.45, 2.75) is 37.2 Å². The lowest BCUT2D eigenvalue weighted by Crippen LogP contribution is -2.32. The van der Waals surface area contributed by atoms with Crippen LogP contribution in [-0.2, 0) is 10.0 Å². The van der Waals surface area contributed by atoms with E-state index in [2.05, 4.69) is 20.7 Å². The summed E-state index contributed by atoms with van der Waals surface area (Å²) in [5.41, 5.74) is 0.893. The molecule has 19 heavy (non-hydrogen) atoms. The zero-order valence-corrected chi connectivity index (χ0v) is 13.2. The van der Waals surface area contributed by atoms with Crippen molar-refractivity contribution in [3.8, 4) is 0 Å². The van der Waals surface area contributed by atoms with Gasteiger partial charge in [-0.15, -0.1) is 0 Å². The van der Waals surface area contributed by atoms with E-state index in [-0.39, 0.29) is 16.9 Å². The molecule has 0 bridgehead atoms. The van der Waals surface area contributed by atoms with E-state index in [0.29, 0.717) is 11.0 Å². The van der Waals surface area contributed by atoms with E-state index in [1.165, 1.54) is 0 Å². The second-order valence-electron chi connectivity index (χ2n) is 5.04. The Kier molecular flexibility index (Phi) is 4.66. The molecule has 0 heterocycles. The molecule has 0 aliphatic heterocycles. The largest absolute Gasteiger partial charge is 0.393 e. The highest BCUT2D eigenvalue weighted by Crippen LogP contribution is 2.26. The van der Waals surface area contributed by atoms with Crippen molar-refractivity contribution < 1.29 is 13.5 Å². The summed E-state index contributed by atoms with van der Waals surface area (Å²) in [7, 11) is -3.53. The molecule has 1 aliphatic carbocycles. The molecule has 1 saturated carbocycles. The summed E-state index contributed by atoms with van der Waals surface area (Å²) >= 11 is 3.26. The first-order valence-corrected chi connectivity index (χ1v) is 8.61. The first-order valence-electron chi connectivity index (χ1n) is 6.34. The maximum Gasteiger partial charge on any atom is 0.241 e. The molecular weight excluding hydrogens is 330 g/mol. The van der Waals surface area contributed by atoms with Crippen LogP contribution in [0.3, 0.4) is 0 Å². The van der Waals surface area contributed by atoms with Crippen molar-refractivity contribution in [2.75, 3.05) is 6.54 Å². The number of aliphatic hydroxyl groups is 1. The molecule has 2 rings (SSSR count). The lowest BCUT2D eigenvalue weighted by Gasteiger charge is -2.16. The molecule has 0 radical (unpaired) electrons. The Morgan fingerprint density at radius 2 is 2.16 bits per heavy atom. The smallest absolute Gasteiger partial charge is 0.241 e. The molecule has 1 aromatic carbocycles. The van der Waals surface area contributed by atoms with Crippen LogP contribution in [-0.4, -0.2) is 26.2 Å². The molecule has 0 saturated heterocycles. The third kappa shape index (κ3) is 3.56. The van der Waals surface area contributed by atoms with Crippen LogP contribution in [0.4, 0.5) is 0 Å². The number of sulfonamides is 1. The summed E-state index contributed by atoms with van der Waals surface area (Å²) in [6.45, 7) is 2.15. The molecule has 0 spiro atoms. The lowest BCUT2D eigenvalue weighted by molar-refractivity contribution is 0.134. The summed E-state index contributed by atoms with van der Waals surface area (Å²) in [6, 6.07) is 5.22. The average Bonchev–Trinajstić information content (AvgIpc) is 2.75. The maximum atomic E-state index is 12.2. The fourth-order valence-electron chi connectivity index (χ4n) is 2.37. The van der Waals surface area contributed by atoms with Crippen LogP contribution in [0.2, 0.25) is 0 Å². The number of hydrogen-bond donors (Lipinski definition) is 2. The van der Waals surface area contributed by atoms with Gasteiger partial charge >= 0.3 is 0 Å². The normalized spacial score (nSPS) is 23.7. The Labute approximate surface area is 122 Å². The average molecular weight is 348 g/mol. The van der Waals surface area contributed by atoms with Gasteiger partial charge in [0.2, 0.25) is 10.0 Å². The predicted octanol–water partition coefficient (Wildman–Crippen LogP) is 2.20. The molecule has 1 aliphatic rings. The molecular formula is C13H18BrNO3S. The van der Waals surface area contributed by atoms with E-state index < -0.39 is 10.0 Å². The molecule has 4 nitrogen and oxygen atoms in total. The van der Waals surface area contributed by atoms with E-state index in [4.69, 9.17) is 0 Å². The molecule has 0 unspecified atom stereocenters. The van der Waals surface area contributed by atoms with Gasteiger partial charge in [-0.05, 0) is 59.3 Å². The van der Waals surface area contributed by atoms with E-state index in [1.54, 1.807) is 12.1 Å². The van der Waals surface area contributed by atoms with Crippen molar-refractivity contribution in [1.82, 2.24) is 4.72 Å². The van der Waals surface area contributed by atoms with Crippen LogP contribution in [0.15, 0.2) is 27.6 Å². The van der Waals surface area contributed by atoms with Crippen molar-refractivity contribution in [1.29, 1.82) is 0 Å². The van der Waals surface area contributed by atoms with Crippen LogP contribution in [0.5, 0.6) is 0 Å². The van der Waals surface area contributed by atoms with Crippen LogP contribution in [0.1, 0.15) is 24.8 Å². The summed E-state index contributed by atoms with van der Waals surface area (Å²) in [6.07, 6.45) is 2.21. The van der Waals surface area contributed by atoms with Crippen LogP contribution < -0.4 is 4.72 Å². The van der Waals surface area contributed by atoms with E-state index in [9.17, 15) is 13.5 Å². The molecule has 2 atom stereocenters. The van der Waals surface area contributed by atoms with Gasteiger partial charge in [-0.3, -0.25) is 0 Å². The first-order chi connectivity index (χ1) is 8.90. The van der Waals surface area contributed by atoms with Crippen LogP contribution in [0.25, 0.3) is 0 Å². The van der Waals surface area contributed by atoms with Gasteiger partial charge in [-0.1, -0.05) is 12.5 Å². The second kappa shape index (κ2) is 5.91. The van der Waals surface area contributed by atoms with Crippen molar-refractivity contribution in [3.63, 3.8) is 0 Å². The van der Waals surface area contributed by atoms with Crippen molar-refractivity contribution in [2.24, 2.45) is 5.92 Å². The Balaban J connectivity index is 2.12. The predicted molar refractivity (Wildman–Crippen MR) is 77.4 cm³/mol. The van der Waals surface area contributed by atoms with Gasteiger partial charge in [0.25, 0.3) is 0 Å². The van der Waals surface area contributed by atoms with Crippen LogP contribution >= 0.6 is 15.9 Å². The quantitative estimate of drug-likeness (QED) is 0.877. The fraction of sp³-hybridized carbons (Fsp3) is 0.538. The van der Waals surface area contributed by atoms with E-state index in [1.807, 2.05) is 13.0 Å². The highest BCUT2D eigenvalue weighted by Gasteiger charge is 2.27. The number of halogens is 1. The van der Waals surface area contributed by atoms with Gasteiger partial charge in [0.05, 0.1) is 11.0 Å². The third-order valence-electron chi connectivity index (χ3n) is 3.53. The standard InChI is InChI=1S/C13H18BrNO3S/c1-9-5-6-11(14)13(7-9)19(17,18)15-8-10-3-2-4-12(10)16/h5-7,10,12,15-16H,2-4,8H2,1H3/t10-,12-/m1/s1. The van der Waals surface area contributed by atoms with Gasteiger partial charge in [0.15, 0.2) is 0 Å². The minimum absolute atomic E-state index is 0.0263. The third-order valence-corrected chi connectivity index (χ3v) is 5.95.